The number of fused-ring (bicyclic) bond motifs is 2. The minimum absolute atomic E-state index is 0.0928. The highest BCUT2D eigenvalue weighted by atomic mass is 16.5. The van der Waals surface area contributed by atoms with E-state index in [4.69, 9.17) is 4.74 Å². The summed E-state index contributed by atoms with van der Waals surface area (Å²) in [5.74, 6) is -0.369. The van der Waals surface area contributed by atoms with Crippen molar-refractivity contribution in [2.45, 2.75) is 32.9 Å². The second kappa shape index (κ2) is 7.99. The van der Waals surface area contributed by atoms with E-state index < -0.39 is 18.0 Å². The molecule has 0 spiro atoms. The Hall–Kier alpha value is -3.67. The summed E-state index contributed by atoms with van der Waals surface area (Å²) >= 11 is 0. The third kappa shape index (κ3) is 3.64. The maximum Gasteiger partial charge on any atom is 0.340 e. The number of hydrogen-bond acceptors (Lipinski definition) is 4. The highest BCUT2D eigenvalue weighted by molar-refractivity contribution is 6.17. The van der Waals surface area contributed by atoms with Crippen LogP contribution < -0.4 is 5.32 Å². The number of carbonyl (C=O) groups is 2. The number of rotatable bonds is 5. The lowest BCUT2D eigenvalue weighted by molar-refractivity contribution is -0.123. The summed E-state index contributed by atoms with van der Waals surface area (Å²) in [4.78, 5) is 25.8. The average molecular weight is 401 g/mol. The number of aromatic nitrogens is 2. The first-order valence-electron chi connectivity index (χ1n) is 9.91. The van der Waals surface area contributed by atoms with Crippen LogP contribution in [0.2, 0.25) is 0 Å². The lowest BCUT2D eigenvalue weighted by Gasteiger charge is -2.17. The molecule has 1 N–H and O–H groups in total. The number of amides is 1. The van der Waals surface area contributed by atoms with Gasteiger partial charge in [-0.2, -0.15) is 5.10 Å². The van der Waals surface area contributed by atoms with Crippen molar-refractivity contribution < 1.29 is 14.3 Å². The van der Waals surface area contributed by atoms with Crippen molar-refractivity contribution in [3.05, 3.63) is 72.4 Å². The van der Waals surface area contributed by atoms with Crippen LogP contribution in [0, 0.1) is 0 Å². The summed E-state index contributed by atoms with van der Waals surface area (Å²) in [6.45, 7) is 5.51. The molecular formula is C24H23N3O3. The number of anilines is 1. The third-order valence-corrected chi connectivity index (χ3v) is 5.04. The lowest BCUT2D eigenvalue weighted by Crippen LogP contribution is -2.31. The largest absolute Gasteiger partial charge is 0.449 e. The number of hydrogen-bond donors (Lipinski definition) is 1. The van der Waals surface area contributed by atoms with Gasteiger partial charge in [0.15, 0.2) is 6.10 Å². The molecule has 6 nitrogen and oxygen atoms in total. The summed E-state index contributed by atoms with van der Waals surface area (Å²) in [7, 11) is 0. The SMILES string of the molecule is CC(OC(=O)c1c2ccccc2cc2ccccc12)C(=O)Nc1ccnn1C(C)C. The van der Waals surface area contributed by atoms with E-state index in [1.807, 2.05) is 68.4 Å². The average Bonchev–Trinajstić information content (AvgIpc) is 3.20. The van der Waals surface area contributed by atoms with E-state index in [2.05, 4.69) is 10.4 Å². The minimum Gasteiger partial charge on any atom is -0.449 e. The minimum atomic E-state index is -0.967. The molecule has 1 aromatic heterocycles. The first kappa shape index (κ1) is 19.6. The van der Waals surface area contributed by atoms with E-state index >= 15 is 0 Å². The highest BCUT2D eigenvalue weighted by Gasteiger charge is 2.23. The van der Waals surface area contributed by atoms with Crippen LogP contribution in [-0.4, -0.2) is 27.8 Å². The van der Waals surface area contributed by atoms with Crippen molar-refractivity contribution in [1.29, 1.82) is 0 Å². The van der Waals surface area contributed by atoms with E-state index in [1.165, 1.54) is 0 Å². The van der Waals surface area contributed by atoms with Gasteiger partial charge in [-0.25, -0.2) is 9.48 Å². The molecule has 0 aliphatic rings. The van der Waals surface area contributed by atoms with E-state index in [-0.39, 0.29) is 6.04 Å². The Morgan fingerprint density at radius 3 is 2.13 bits per heavy atom. The summed E-state index contributed by atoms with van der Waals surface area (Å²) in [6, 6.07) is 19.2. The molecule has 4 aromatic rings. The number of esters is 1. The fourth-order valence-corrected chi connectivity index (χ4v) is 3.56. The maximum absolute atomic E-state index is 13.1. The molecule has 0 radical (unpaired) electrons. The van der Waals surface area contributed by atoms with Crippen LogP contribution in [0.5, 0.6) is 0 Å². The van der Waals surface area contributed by atoms with Gasteiger partial charge < -0.3 is 10.1 Å². The fraction of sp³-hybridized carbons (Fsp3) is 0.208. The van der Waals surface area contributed by atoms with Gasteiger partial charge in [-0.3, -0.25) is 4.79 Å². The quantitative estimate of drug-likeness (QED) is 0.379. The second-order valence-corrected chi connectivity index (χ2v) is 7.49. The summed E-state index contributed by atoms with van der Waals surface area (Å²) in [6.07, 6.45) is 0.653. The van der Waals surface area contributed by atoms with Crippen LogP contribution in [-0.2, 0) is 9.53 Å². The van der Waals surface area contributed by atoms with E-state index in [0.717, 1.165) is 21.5 Å². The van der Waals surface area contributed by atoms with Crippen LogP contribution in [0.15, 0.2) is 66.9 Å². The highest BCUT2D eigenvalue weighted by Crippen LogP contribution is 2.29. The number of nitrogens with zero attached hydrogens (tertiary/aromatic N) is 2. The van der Waals surface area contributed by atoms with Crippen LogP contribution >= 0.6 is 0 Å². The summed E-state index contributed by atoms with van der Waals surface area (Å²) in [5, 5.41) is 10.5. The lowest BCUT2D eigenvalue weighted by atomic mass is 9.97. The van der Waals surface area contributed by atoms with E-state index in [9.17, 15) is 9.59 Å². The molecule has 1 unspecified atom stereocenters. The second-order valence-electron chi connectivity index (χ2n) is 7.49. The zero-order valence-electron chi connectivity index (χ0n) is 17.1. The number of benzene rings is 3. The number of nitrogens with one attached hydrogen (secondary N) is 1. The molecule has 0 aliphatic heterocycles. The van der Waals surface area contributed by atoms with Gasteiger partial charge in [0, 0.05) is 12.1 Å². The van der Waals surface area contributed by atoms with Crippen molar-refractivity contribution in [2.75, 3.05) is 5.32 Å². The number of ether oxygens (including phenoxy) is 1. The van der Waals surface area contributed by atoms with Gasteiger partial charge in [-0.15, -0.1) is 0 Å². The molecule has 0 saturated heterocycles. The van der Waals surface area contributed by atoms with Crippen molar-refractivity contribution in [3.63, 3.8) is 0 Å². The standard InChI is InChI=1S/C24H23N3O3/c1-15(2)27-21(12-13-25-27)26-23(28)16(3)30-24(29)22-19-10-6-4-8-17(19)14-18-9-5-7-11-20(18)22/h4-16H,1-3H3,(H,26,28). The van der Waals surface area contributed by atoms with E-state index in [1.54, 1.807) is 23.9 Å². The molecule has 152 valence electrons. The molecule has 1 heterocycles. The Kier molecular flexibility index (Phi) is 5.23. The van der Waals surface area contributed by atoms with Crippen LogP contribution in [0.4, 0.5) is 5.82 Å². The fourth-order valence-electron chi connectivity index (χ4n) is 3.56. The molecule has 6 heteroatoms. The van der Waals surface area contributed by atoms with E-state index in [0.29, 0.717) is 11.4 Å². The van der Waals surface area contributed by atoms with Crippen LogP contribution in [0.3, 0.4) is 0 Å². The van der Waals surface area contributed by atoms with Crippen molar-refractivity contribution in [1.82, 2.24) is 9.78 Å². The van der Waals surface area contributed by atoms with Gasteiger partial charge in [0.1, 0.15) is 5.82 Å². The molecule has 30 heavy (non-hydrogen) atoms. The molecule has 0 aliphatic carbocycles. The predicted molar refractivity (Wildman–Crippen MR) is 118 cm³/mol. The molecule has 1 atom stereocenters. The first-order chi connectivity index (χ1) is 14.5. The van der Waals surface area contributed by atoms with Crippen LogP contribution in [0.1, 0.15) is 37.2 Å². The maximum atomic E-state index is 13.1. The Balaban J connectivity index is 1.62. The molecule has 3 aromatic carbocycles. The van der Waals surface area contributed by atoms with Gasteiger partial charge >= 0.3 is 5.97 Å². The van der Waals surface area contributed by atoms with Gasteiger partial charge in [0.2, 0.25) is 0 Å². The predicted octanol–water partition coefficient (Wildman–Crippen LogP) is 4.95. The van der Waals surface area contributed by atoms with Gasteiger partial charge in [0.25, 0.3) is 5.91 Å². The zero-order valence-corrected chi connectivity index (χ0v) is 17.1. The molecule has 0 bridgehead atoms. The number of carbonyl (C=O) groups excluding carboxylic acids is 2. The zero-order chi connectivity index (χ0) is 21.3. The van der Waals surface area contributed by atoms with Gasteiger partial charge in [0.05, 0.1) is 11.8 Å². The van der Waals surface area contributed by atoms with Crippen molar-refractivity contribution in [3.8, 4) is 0 Å². The Bertz CT molecular complexity index is 1190. The van der Waals surface area contributed by atoms with Crippen molar-refractivity contribution >= 4 is 39.2 Å². The topological polar surface area (TPSA) is 73.2 Å². The summed E-state index contributed by atoms with van der Waals surface area (Å²) < 4.78 is 7.28. The van der Waals surface area contributed by atoms with Gasteiger partial charge in [-0.1, -0.05) is 48.5 Å². The van der Waals surface area contributed by atoms with Gasteiger partial charge in [-0.05, 0) is 48.4 Å². The molecule has 0 fully saturated rings. The van der Waals surface area contributed by atoms with Crippen LogP contribution in [0.25, 0.3) is 21.5 Å². The summed E-state index contributed by atoms with van der Waals surface area (Å²) in [5.41, 5.74) is 0.468. The first-order valence-corrected chi connectivity index (χ1v) is 9.91. The monoisotopic (exact) mass is 401 g/mol. The Morgan fingerprint density at radius 2 is 1.53 bits per heavy atom. The molecule has 0 saturated carbocycles. The smallest absolute Gasteiger partial charge is 0.340 e. The molecular weight excluding hydrogens is 378 g/mol. The molecule has 4 rings (SSSR count). The normalized spacial score (nSPS) is 12.3. The van der Waals surface area contributed by atoms with Crippen molar-refractivity contribution in [2.24, 2.45) is 0 Å². The Morgan fingerprint density at radius 1 is 0.933 bits per heavy atom. The Labute approximate surface area is 174 Å². The molecule has 1 amide bonds. The third-order valence-electron chi connectivity index (χ3n) is 5.04.